The van der Waals surface area contributed by atoms with Gasteiger partial charge in [-0.15, -0.1) is 0 Å². The molecule has 0 heterocycles. The summed E-state index contributed by atoms with van der Waals surface area (Å²) in [5.74, 6) is -9.88. The second kappa shape index (κ2) is 28.0. The van der Waals surface area contributed by atoms with Crippen LogP contribution < -0.4 is 0 Å². The Hall–Kier alpha value is -2.52. The van der Waals surface area contributed by atoms with Gasteiger partial charge in [-0.1, -0.05) is 141 Å². The number of carbonyl (C=O) groups is 6. The van der Waals surface area contributed by atoms with Crippen LogP contribution in [0, 0.1) is 47.3 Å². The highest BCUT2D eigenvalue weighted by Gasteiger charge is 2.49. The van der Waals surface area contributed by atoms with Gasteiger partial charge in [0, 0.05) is 12.8 Å². The fourth-order valence-electron chi connectivity index (χ4n) is 8.73. The summed E-state index contributed by atoms with van der Waals surface area (Å²) in [6, 6.07) is 0. The Morgan fingerprint density at radius 2 is 0.709 bits per heavy atom. The van der Waals surface area contributed by atoms with E-state index in [1.165, 1.54) is 0 Å². The van der Waals surface area contributed by atoms with E-state index in [4.69, 9.17) is 27.9 Å². The maximum atomic E-state index is 14.2. The van der Waals surface area contributed by atoms with Gasteiger partial charge in [-0.2, -0.15) is 0 Å². The first kappa shape index (κ1) is 48.6. The lowest BCUT2D eigenvalue weighted by atomic mass is 9.67. The van der Waals surface area contributed by atoms with Crippen molar-refractivity contribution in [2.45, 2.75) is 168 Å². The highest BCUT2D eigenvalue weighted by atomic mass is 35.5. The zero-order chi connectivity index (χ0) is 40.6. The van der Waals surface area contributed by atoms with E-state index in [2.05, 4.69) is 13.8 Å². The second-order valence-electron chi connectivity index (χ2n) is 16.0. The molecule has 8 unspecified atom stereocenters. The number of esters is 2. The lowest BCUT2D eigenvalue weighted by molar-refractivity contribution is -0.176. The van der Waals surface area contributed by atoms with Crippen molar-refractivity contribution in [1.29, 1.82) is 0 Å². The molecule has 0 fully saturated rings. The Morgan fingerprint density at radius 1 is 0.436 bits per heavy atom. The number of aliphatic carboxylic acids is 2. The molecule has 55 heavy (non-hydrogen) atoms. The standard InChI is InChI=1S/C44H68Cl2O9/c1-3-5-7-15-23-33-29-27-31(21-17-11-9-13-19-25-35(45)47)37(41(49)50)39(33)43(53)55-44(54)40-34(24-16-8-6-4-2)30-28-32(38(40)42(51)52)22-18-12-10-14-20-26-36(46)48/h27-34,37-40H,3-26H2,1-2H3,(H,49,50)(H,51,52). The average molecular weight is 812 g/mol. The van der Waals surface area contributed by atoms with E-state index in [9.17, 15) is 39.0 Å². The minimum atomic E-state index is -1.10. The van der Waals surface area contributed by atoms with Crippen LogP contribution in [0.25, 0.3) is 0 Å². The van der Waals surface area contributed by atoms with Gasteiger partial charge < -0.3 is 14.9 Å². The van der Waals surface area contributed by atoms with Crippen LogP contribution in [0.2, 0.25) is 0 Å². The van der Waals surface area contributed by atoms with Crippen molar-refractivity contribution in [3.8, 4) is 0 Å². The van der Waals surface area contributed by atoms with Gasteiger partial charge in [0.15, 0.2) is 0 Å². The smallest absolute Gasteiger partial charge is 0.318 e. The number of rotatable bonds is 30. The molecule has 0 saturated heterocycles. The van der Waals surface area contributed by atoms with Crippen LogP contribution in [0.1, 0.15) is 168 Å². The van der Waals surface area contributed by atoms with Gasteiger partial charge in [0.1, 0.15) is 0 Å². The number of carboxylic acid groups (broad SMARTS) is 2. The van der Waals surface area contributed by atoms with E-state index >= 15 is 0 Å². The van der Waals surface area contributed by atoms with E-state index in [1.54, 1.807) is 0 Å². The Bertz CT molecular complexity index is 1170. The largest absolute Gasteiger partial charge is 0.481 e. The van der Waals surface area contributed by atoms with Crippen LogP contribution >= 0.6 is 23.2 Å². The monoisotopic (exact) mass is 810 g/mol. The van der Waals surface area contributed by atoms with Crippen LogP contribution in [0.15, 0.2) is 24.3 Å². The van der Waals surface area contributed by atoms with Crippen molar-refractivity contribution in [3.63, 3.8) is 0 Å². The van der Waals surface area contributed by atoms with Gasteiger partial charge in [-0.05, 0) is 85.4 Å². The number of hydrogen-bond donors (Lipinski definition) is 2. The molecule has 312 valence electrons. The molecule has 2 N–H and O–H groups in total. The lowest BCUT2D eigenvalue weighted by Crippen LogP contribution is -2.46. The topological polar surface area (TPSA) is 152 Å². The summed E-state index contributed by atoms with van der Waals surface area (Å²) in [6.07, 6.45) is 26.4. The predicted molar refractivity (Wildman–Crippen MR) is 216 cm³/mol. The molecule has 0 spiro atoms. The van der Waals surface area contributed by atoms with Crippen LogP contribution in [-0.2, 0) is 33.5 Å². The number of halogens is 2. The molecular weight excluding hydrogens is 743 g/mol. The highest BCUT2D eigenvalue weighted by Crippen LogP contribution is 2.43. The normalized spacial score (nSPS) is 24.7. The lowest BCUT2D eigenvalue weighted by Gasteiger charge is -2.38. The van der Waals surface area contributed by atoms with E-state index in [1.807, 2.05) is 24.3 Å². The molecule has 0 bridgehead atoms. The quantitative estimate of drug-likeness (QED) is 0.0237. The second-order valence-corrected chi connectivity index (χ2v) is 16.8. The van der Waals surface area contributed by atoms with Gasteiger partial charge in [-0.25, -0.2) is 0 Å². The van der Waals surface area contributed by atoms with Crippen molar-refractivity contribution in [2.24, 2.45) is 47.3 Å². The van der Waals surface area contributed by atoms with Crippen LogP contribution in [0.3, 0.4) is 0 Å². The Morgan fingerprint density at radius 3 is 1.00 bits per heavy atom. The molecule has 9 nitrogen and oxygen atoms in total. The van der Waals surface area contributed by atoms with E-state index in [0.29, 0.717) is 51.4 Å². The minimum absolute atomic E-state index is 0.335. The summed E-state index contributed by atoms with van der Waals surface area (Å²) in [5.41, 5.74) is 0. The SMILES string of the molecule is CCCCCCC1C=CC(CCCCCCCC(=O)Cl)C(C(=O)O)C1C(=O)OC(=O)C1C(CCCCCC)C=CC(CCCCCCCC(=O)Cl)C1C(=O)O. The third-order valence-electron chi connectivity index (χ3n) is 11.7. The number of hydrogen-bond acceptors (Lipinski definition) is 7. The van der Waals surface area contributed by atoms with Crippen LogP contribution in [0.4, 0.5) is 0 Å². The van der Waals surface area contributed by atoms with Crippen LogP contribution in [-0.4, -0.2) is 44.6 Å². The molecule has 2 rings (SSSR count). The predicted octanol–water partition coefficient (Wildman–Crippen LogP) is 11.2. The fourth-order valence-corrected chi connectivity index (χ4v) is 9.00. The first-order chi connectivity index (χ1) is 26.4. The summed E-state index contributed by atoms with van der Waals surface area (Å²) in [4.78, 5) is 76.5. The molecule has 0 aromatic rings. The summed E-state index contributed by atoms with van der Waals surface area (Å²) in [7, 11) is 0. The Balaban J connectivity index is 2.29. The van der Waals surface area contributed by atoms with Gasteiger partial charge >= 0.3 is 23.9 Å². The molecule has 2 aliphatic carbocycles. The molecule has 0 aromatic heterocycles. The first-order valence-electron chi connectivity index (χ1n) is 21.4. The van der Waals surface area contributed by atoms with Gasteiger partial charge in [0.2, 0.25) is 10.5 Å². The number of carbonyl (C=O) groups excluding carboxylic acids is 4. The van der Waals surface area contributed by atoms with Gasteiger partial charge in [-0.3, -0.25) is 28.8 Å². The van der Waals surface area contributed by atoms with Crippen molar-refractivity contribution < 1.29 is 43.7 Å². The summed E-state index contributed by atoms with van der Waals surface area (Å²) in [5, 5.41) is 20.5. The average Bonchev–Trinajstić information content (AvgIpc) is 3.13. The molecule has 2 aliphatic rings. The van der Waals surface area contributed by atoms with Crippen molar-refractivity contribution >= 4 is 57.6 Å². The summed E-state index contributed by atoms with van der Waals surface area (Å²) >= 11 is 10.9. The third kappa shape index (κ3) is 18.1. The molecule has 11 heteroatoms. The number of ether oxygens (including phenoxy) is 1. The van der Waals surface area contributed by atoms with Crippen molar-refractivity contribution in [1.82, 2.24) is 0 Å². The van der Waals surface area contributed by atoms with E-state index in [-0.39, 0.29) is 10.5 Å². The zero-order valence-electron chi connectivity index (χ0n) is 33.4. The molecule has 0 radical (unpaired) electrons. The first-order valence-corrected chi connectivity index (χ1v) is 22.1. The summed E-state index contributed by atoms with van der Waals surface area (Å²) < 4.78 is 5.73. The number of unbranched alkanes of at least 4 members (excludes halogenated alkanes) is 14. The number of allylic oxidation sites excluding steroid dienone is 4. The molecule has 0 amide bonds. The highest BCUT2D eigenvalue weighted by molar-refractivity contribution is 6.63. The van der Waals surface area contributed by atoms with Gasteiger partial charge in [0.25, 0.3) is 0 Å². The fraction of sp³-hybridized carbons (Fsp3) is 0.773. The third-order valence-corrected chi connectivity index (χ3v) is 12.1. The number of carboxylic acids is 2. The Labute approximate surface area is 339 Å². The summed E-state index contributed by atoms with van der Waals surface area (Å²) in [6.45, 7) is 4.21. The van der Waals surface area contributed by atoms with Crippen molar-refractivity contribution in [2.75, 3.05) is 0 Å². The molecule has 8 atom stereocenters. The maximum absolute atomic E-state index is 14.2. The molecule has 0 aromatic carbocycles. The minimum Gasteiger partial charge on any atom is -0.481 e. The maximum Gasteiger partial charge on any atom is 0.318 e. The van der Waals surface area contributed by atoms with Crippen molar-refractivity contribution in [3.05, 3.63) is 24.3 Å². The molecule has 0 saturated carbocycles. The molecule has 0 aliphatic heterocycles. The van der Waals surface area contributed by atoms with Crippen LogP contribution in [0.5, 0.6) is 0 Å². The zero-order valence-corrected chi connectivity index (χ0v) is 34.9. The molecular formula is C44H68Cl2O9. The van der Waals surface area contributed by atoms with E-state index < -0.39 is 71.2 Å². The van der Waals surface area contributed by atoms with Gasteiger partial charge in [0.05, 0.1) is 23.7 Å². The van der Waals surface area contributed by atoms with E-state index in [0.717, 1.165) is 103 Å². The Kier molecular flexibility index (Phi) is 24.7.